The molecule has 0 saturated heterocycles. The lowest BCUT2D eigenvalue weighted by Crippen LogP contribution is -2.07. The van der Waals surface area contributed by atoms with E-state index in [-0.39, 0.29) is 11.9 Å². The van der Waals surface area contributed by atoms with Crippen LogP contribution in [-0.4, -0.2) is 9.38 Å². The van der Waals surface area contributed by atoms with Gasteiger partial charge in [-0.3, -0.25) is 0 Å². The molecule has 3 nitrogen and oxygen atoms in total. The molecule has 0 bridgehead atoms. The molecule has 74 valence electrons. The Morgan fingerprint density at radius 2 is 2.21 bits per heavy atom. The summed E-state index contributed by atoms with van der Waals surface area (Å²) in [6.45, 7) is 3.75. The molecule has 0 aliphatic rings. The van der Waals surface area contributed by atoms with Crippen molar-refractivity contribution in [3.05, 3.63) is 35.5 Å². The molecule has 2 aromatic rings. The number of nitrogens with zero attached hydrogens (tertiary/aromatic N) is 2. The van der Waals surface area contributed by atoms with E-state index in [1.54, 1.807) is 10.5 Å². The molecule has 14 heavy (non-hydrogen) atoms. The van der Waals surface area contributed by atoms with Crippen molar-refractivity contribution in [2.24, 2.45) is 5.73 Å². The monoisotopic (exact) mass is 193 g/mol. The van der Waals surface area contributed by atoms with Gasteiger partial charge in [-0.25, -0.2) is 9.37 Å². The van der Waals surface area contributed by atoms with Crippen molar-refractivity contribution in [3.8, 4) is 0 Å². The summed E-state index contributed by atoms with van der Waals surface area (Å²) in [6, 6.07) is 2.92. The van der Waals surface area contributed by atoms with E-state index in [0.717, 1.165) is 17.0 Å². The van der Waals surface area contributed by atoms with Gasteiger partial charge in [0.1, 0.15) is 11.5 Å². The van der Waals surface area contributed by atoms with E-state index in [4.69, 9.17) is 5.73 Å². The molecule has 0 aliphatic heterocycles. The van der Waals surface area contributed by atoms with Crippen LogP contribution in [-0.2, 0) is 0 Å². The summed E-state index contributed by atoms with van der Waals surface area (Å²) in [6.07, 6.45) is 1.42. The fourth-order valence-corrected chi connectivity index (χ4v) is 1.59. The summed E-state index contributed by atoms with van der Waals surface area (Å²) in [7, 11) is 0. The maximum Gasteiger partial charge on any atom is 0.139 e. The SMILES string of the molecule is Cc1c([C@H](C)N)nc2ccc(F)cn12. The maximum absolute atomic E-state index is 12.9. The van der Waals surface area contributed by atoms with Gasteiger partial charge in [0, 0.05) is 17.9 Å². The fraction of sp³-hybridized carbons (Fsp3) is 0.300. The molecule has 0 amide bonds. The Hall–Kier alpha value is -1.42. The minimum Gasteiger partial charge on any atom is -0.323 e. The molecule has 2 rings (SSSR count). The number of hydrogen-bond donors (Lipinski definition) is 1. The second kappa shape index (κ2) is 3.06. The average molecular weight is 193 g/mol. The van der Waals surface area contributed by atoms with Gasteiger partial charge in [0.25, 0.3) is 0 Å². The largest absolute Gasteiger partial charge is 0.323 e. The Kier molecular flexibility index (Phi) is 2.00. The predicted octanol–water partition coefficient (Wildman–Crippen LogP) is 1.80. The van der Waals surface area contributed by atoms with Gasteiger partial charge in [-0.15, -0.1) is 0 Å². The van der Waals surface area contributed by atoms with Gasteiger partial charge in [-0.2, -0.15) is 0 Å². The second-order valence-corrected chi connectivity index (χ2v) is 3.45. The lowest BCUT2D eigenvalue weighted by atomic mass is 10.2. The minimum atomic E-state index is -0.269. The van der Waals surface area contributed by atoms with E-state index < -0.39 is 0 Å². The highest BCUT2D eigenvalue weighted by Gasteiger charge is 2.11. The lowest BCUT2D eigenvalue weighted by molar-refractivity contribution is 0.618. The molecule has 0 saturated carbocycles. The van der Waals surface area contributed by atoms with Crippen LogP contribution >= 0.6 is 0 Å². The van der Waals surface area contributed by atoms with Gasteiger partial charge in [0.2, 0.25) is 0 Å². The molecule has 0 aromatic carbocycles. The zero-order valence-electron chi connectivity index (χ0n) is 8.16. The highest BCUT2D eigenvalue weighted by Crippen LogP contribution is 2.17. The van der Waals surface area contributed by atoms with Crippen molar-refractivity contribution in [2.45, 2.75) is 19.9 Å². The number of imidazole rings is 1. The molecule has 0 radical (unpaired) electrons. The summed E-state index contributed by atoms with van der Waals surface area (Å²) in [5, 5.41) is 0. The van der Waals surface area contributed by atoms with Crippen LogP contribution in [0.2, 0.25) is 0 Å². The maximum atomic E-state index is 12.9. The van der Waals surface area contributed by atoms with Crippen LogP contribution in [0.1, 0.15) is 24.4 Å². The third kappa shape index (κ3) is 1.28. The molecule has 1 atom stereocenters. The molecule has 0 fully saturated rings. The van der Waals surface area contributed by atoms with Crippen LogP contribution in [0.15, 0.2) is 18.3 Å². The number of rotatable bonds is 1. The van der Waals surface area contributed by atoms with E-state index in [1.807, 2.05) is 13.8 Å². The first kappa shape index (κ1) is 9.15. The number of fused-ring (bicyclic) bond motifs is 1. The minimum absolute atomic E-state index is 0.127. The van der Waals surface area contributed by atoms with Crippen LogP contribution < -0.4 is 5.73 Å². The molecule has 0 spiro atoms. The first-order valence-corrected chi connectivity index (χ1v) is 4.49. The Morgan fingerprint density at radius 1 is 1.50 bits per heavy atom. The number of aryl methyl sites for hydroxylation is 1. The molecule has 2 aromatic heterocycles. The average Bonchev–Trinajstić information content (AvgIpc) is 2.44. The Morgan fingerprint density at radius 3 is 2.86 bits per heavy atom. The highest BCUT2D eigenvalue weighted by molar-refractivity contribution is 5.43. The van der Waals surface area contributed by atoms with Crippen molar-refractivity contribution in [1.82, 2.24) is 9.38 Å². The smallest absolute Gasteiger partial charge is 0.139 e. The van der Waals surface area contributed by atoms with Gasteiger partial charge in [-0.1, -0.05) is 0 Å². The van der Waals surface area contributed by atoms with Gasteiger partial charge < -0.3 is 10.1 Å². The summed E-state index contributed by atoms with van der Waals surface area (Å²) in [5.74, 6) is -0.269. The van der Waals surface area contributed by atoms with Crippen molar-refractivity contribution in [1.29, 1.82) is 0 Å². The molecular formula is C10H12FN3. The van der Waals surface area contributed by atoms with Crippen molar-refractivity contribution in [3.63, 3.8) is 0 Å². The predicted molar refractivity (Wildman–Crippen MR) is 52.5 cm³/mol. The number of pyridine rings is 1. The normalized spacial score (nSPS) is 13.4. The third-order valence-corrected chi connectivity index (χ3v) is 2.29. The van der Waals surface area contributed by atoms with Crippen molar-refractivity contribution >= 4 is 5.65 Å². The van der Waals surface area contributed by atoms with Gasteiger partial charge in [0.05, 0.1) is 5.69 Å². The van der Waals surface area contributed by atoms with Gasteiger partial charge in [0.15, 0.2) is 0 Å². The quantitative estimate of drug-likeness (QED) is 0.750. The zero-order valence-corrected chi connectivity index (χ0v) is 8.16. The Labute approximate surface area is 81.4 Å². The fourth-order valence-electron chi connectivity index (χ4n) is 1.59. The molecule has 4 heteroatoms. The summed E-state index contributed by atoms with van der Waals surface area (Å²) in [4.78, 5) is 4.32. The third-order valence-electron chi connectivity index (χ3n) is 2.29. The van der Waals surface area contributed by atoms with Crippen LogP contribution in [0.25, 0.3) is 5.65 Å². The van der Waals surface area contributed by atoms with Crippen LogP contribution in [0.3, 0.4) is 0 Å². The van der Waals surface area contributed by atoms with E-state index in [1.165, 1.54) is 12.3 Å². The lowest BCUT2D eigenvalue weighted by Gasteiger charge is -2.01. The van der Waals surface area contributed by atoms with Gasteiger partial charge in [-0.05, 0) is 26.0 Å². The van der Waals surface area contributed by atoms with E-state index in [0.29, 0.717) is 0 Å². The zero-order chi connectivity index (χ0) is 10.3. The number of nitrogens with two attached hydrogens (primary N) is 1. The van der Waals surface area contributed by atoms with Crippen LogP contribution in [0.5, 0.6) is 0 Å². The summed E-state index contributed by atoms with van der Waals surface area (Å²) >= 11 is 0. The summed E-state index contributed by atoms with van der Waals surface area (Å²) < 4.78 is 14.7. The topological polar surface area (TPSA) is 43.3 Å². The Balaban J connectivity index is 2.74. The van der Waals surface area contributed by atoms with Crippen LogP contribution in [0.4, 0.5) is 4.39 Å². The highest BCUT2D eigenvalue weighted by atomic mass is 19.1. The Bertz CT molecular complexity index is 473. The van der Waals surface area contributed by atoms with Crippen molar-refractivity contribution < 1.29 is 4.39 Å². The van der Waals surface area contributed by atoms with E-state index in [2.05, 4.69) is 4.98 Å². The van der Waals surface area contributed by atoms with Crippen LogP contribution in [0, 0.1) is 12.7 Å². The van der Waals surface area contributed by atoms with E-state index in [9.17, 15) is 4.39 Å². The van der Waals surface area contributed by atoms with Crippen molar-refractivity contribution in [2.75, 3.05) is 0 Å². The second-order valence-electron chi connectivity index (χ2n) is 3.45. The number of hydrogen-bond acceptors (Lipinski definition) is 2. The number of aromatic nitrogens is 2. The molecule has 0 unspecified atom stereocenters. The molecule has 2 heterocycles. The number of halogens is 1. The van der Waals surface area contributed by atoms with E-state index >= 15 is 0 Å². The first-order valence-electron chi connectivity index (χ1n) is 4.49. The molecular weight excluding hydrogens is 181 g/mol. The standard InChI is InChI=1S/C10H12FN3/c1-6(12)10-7(2)14-5-8(11)3-4-9(14)13-10/h3-6H,12H2,1-2H3/t6-/m0/s1. The molecule has 2 N–H and O–H groups in total. The van der Waals surface area contributed by atoms with Gasteiger partial charge >= 0.3 is 0 Å². The summed E-state index contributed by atoms with van der Waals surface area (Å²) in [5.41, 5.74) is 8.19. The first-order chi connectivity index (χ1) is 6.59. The molecule has 0 aliphatic carbocycles.